The molecule has 9 heteroatoms. The maximum atomic E-state index is 11.9. The number of alkyl carbamates (subject to hydrolysis) is 1. The van der Waals surface area contributed by atoms with Crippen molar-refractivity contribution in [3.63, 3.8) is 0 Å². The molecule has 9 nitrogen and oxygen atoms in total. The number of ether oxygens (including phenoxy) is 3. The fourth-order valence-electron chi connectivity index (χ4n) is 2.32. The van der Waals surface area contributed by atoms with Crippen LogP contribution >= 0.6 is 0 Å². The van der Waals surface area contributed by atoms with E-state index in [0.717, 1.165) is 5.56 Å². The van der Waals surface area contributed by atoms with Crippen LogP contribution in [0.15, 0.2) is 18.2 Å². The van der Waals surface area contributed by atoms with Crippen LogP contribution in [0, 0.1) is 0 Å². The summed E-state index contributed by atoms with van der Waals surface area (Å²) < 4.78 is 15.5. The van der Waals surface area contributed by atoms with Crippen molar-refractivity contribution >= 4 is 17.9 Å². The Bertz CT molecular complexity index is 700. The van der Waals surface area contributed by atoms with E-state index in [1.54, 1.807) is 41.1 Å². The van der Waals surface area contributed by atoms with E-state index in [1.165, 1.54) is 0 Å². The minimum atomic E-state index is -0.656. The lowest BCUT2D eigenvalue weighted by molar-refractivity contribution is -0.122. The van der Waals surface area contributed by atoms with E-state index in [2.05, 4.69) is 16.0 Å². The highest BCUT2D eigenvalue weighted by molar-refractivity contribution is 5.82. The third-order valence-corrected chi connectivity index (χ3v) is 3.65. The summed E-state index contributed by atoms with van der Waals surface area (Å²) >= 11 is 0. The highest BCUT2D eigenvalue weighted by Crippen LogP contribution is 2.27. The van der Waals surface area contributed by atoms with Gasteiger partial charge in [-0.2, -0.15) is 0 Å². The molecule has 3 N–H and O–H groups in total. The molecule has 0 aliphatic rings. The quantitative estimate of drug-likeness (QED) is 0.503. The number of rotatable bonds is 10. The number of carbonyl (C=O) groups excluding carboxylic acids is 3. The van der Waals surface area contributed by atoms with E-state index in [1.807, 2.05) is 12.1 Å². The first-order valence-electron chi connectivity index (χ1n) is 9.35. The van der Waals surface area contributed by atoms with E-state index in [9.17, 15) is 14.4 Å². The zero-order valence-electron chi connectivity index (χ0n) is 17.7. The largest absolute Gasteiger partial charge is 0.493 e. The molecule has 0 saturated heterocycles. The first-order valence-corrected chi connectivity index (χ1v) is 9.35. The van der Waals surface area contributed by atoms with Gasteiger partial charge in [0.05, 0.1) is 20.8 Å². The minimum Gasteiger partial charge on any atom is -0.493 e. The third kappa shape index (κ3) is 10.2. The van der Waals surface area contributed by atoms with Crippen LogP contribution in [0.1, 0.15) is 32.8 Å². The van der Waals surface area contributed by atoms with Gasteiger partial charge in [0.1, 0.15) is 5.60 Å². The van der Waals surface area contributed by atoms with Gasteiger partial charge in [-0.3, -0.25) is 9.59 Å². The number of carbonyl (C=O) groups is 3. The molecule has 1 aromatic rings. The Morgan fingerprint density at radius 3 is 2.10 bits per heavy atom. The molecule has 0 spiro atoms. The normalized spacial score (nSPS) is 10.7. The SMILES string of the molecule is COc1ccc(CCC(=O)NCCNC(=O)CNC(=O)OC(C)(C)C)cc1OC. The van der Waals surface area contributed by atoms with E-state index in [-0.39, 0.29) is 24.9 Å². The molecule has 1 rings (SSSR count). The molecule has 0 aliphatic carbocycles. The number of methoxy groups -OCH3 is 2. The summed E-state index contributed by atoms with van der Waals surface area (Å²) in [5.74, 6) is 0.766. The van der Waals surface area contributed by atoms with Crippen LogP contribution < -0.4 is 25.4 Å². The zero-order valence-corrected chi connectivity index (χ0v) is 17.7. The molecule has 0 aliphatic heterocycles. The van der Waals surface area contributed by atoms with Crippen molar-refractivity contribution in [1.29, 1.82) is 0 Å². The first-order chi connectivity index (χ1) is 13.6. The van der Waals surface area contributed by atoms with Crippen LogP contribution in [0.2, 0.25) is 0 Å². The average molecular weight is 409 g/mol. The molecule has 0 bridgehead atoms. The van der Waals surface area contributed by atoms with Crippen molar-refractivity contribution in [3.05, 3.63) is 23.8 Å². The summed E-state index contributed by atoms with van der Waals surface area (Å²) in [7, 11) is 3.13. The smallest absolute Gasteiger partial charge is 0.408 e. The van der Waals surface area contributed by atoms with Gasteiger partial charge in [-0.25, -0.2) is 4.79 Å². The van der Waals surface area contributed by atoms with E-state index in [0.29, 0.717) is 30.9 Å². The van der Waals surface area contributed by atoms with Crippen LogP contribution in [-0.4, -0.2) is 57.4 Å². The lowest BCUT2D eigenvalue weighted by Crippen LogP contribution is -2.42. The number of hydrogen-bond acceptors (Lipinski definition) is 6. The van der Waals surface area contributed by atoms with Crippen molar-refractivity contribution in [2.75, 3.05) is 33.9 Å². The number of benzene rings is 1. The Hall–Kier alpha value is -2.97. The molecule has 1 aromatic carbocycles. The van der Waals surface area contributed by atoms with Gasteiger partial charge in [0, 0.05) is 19.5 Å². The molecule has 29 heavy (non-hydrogen) atoms. The highest BCUT2D eigenvalue weighted by atomic mass is 16.6. The van der Waals surface area contributed by atoms with E-state index < -0.39 is 11.7 Å². The highest BCUT2D eigenvalue weighted by Gasteiger charge is 2.16. The zero-order chi connectivity index (χ0) is 21.9. The molecule has 0 saturated carbocycles. The Morgan fingerprint density at radius 2 is 1.52 bits per heavy atom. The number of nitrogens with one attached hydrogen (secondary N) is 3. The van der Waals surface area contributed by atoms with Crippen LogP contribution in [-0.2, 0) is 20.7 Å². The van der Waals surface area contributed by atoms with Gasteiger partial charge in [-0.15, -0.1) is 0 Å². The fourth-order valence-corrected chi connectivity index (χ4v) is 2.32. The van der Waals surface area contributed by atoms with Crippen LogP contribution in [0.25, 0.3) is 0 Å². The van der Waals surface area contributed by atoms with Crippen LogP contribution in [0.3, 0.4) is 0 Å². The van der Waals surface area contributed by atoms with Gasteiger partial charge in [0.25, 0.3) is 0 Å². The number of aryl methyl sites for hydroxylation is 1. The maximum absolute atomic E-state index is 11.9. The summed E-state index contributed by atoms with van der Waals surface area (Å²) in [5, 5.41) is 7.70. The molecular formula is C20H31N3O6. The molecule has 0 radical (unpaired) electrons. The monoisotopic (exact) mass is 409 g/mol. The Balaban J connectivity index is 2.21. The van der Waals surface area contributed by atoms with Crippen molar-refractivity contribution in [1.82, 2.24) is 16.0 Å². The second-order valence-electron chi connectivity index (χ2n) is 7.24. The maximum Gasteiger partial charge on any atom is 0.408 e. The van der Waals surface area contributed by atoms with Gasteiger partial charge in [0.15, 0.2) is 11.5 Å². The fraction of sp³-hybridized carbons (Fsp3) is 0.550. The molecule has 0 fully saturated rings. The predicted molar refractivity (Wildman–Crippen MR) is 108 cm³/mol. The van der Waals surface area contributed by atoms with Gasteiger partial charge in [-0.05, 0) is 44.9 Å². The second kappa shape index (κ2) is 11.8. The minimum absolute atomic E-state index is 0.124. The molecular weight excluding hydrogens is 378 g/mol. The summed E-state index contributed by atoms with van der Waals surface area (Å²) in [5.41, 5.74) is 0.334. The third-order valence-electron chi connectivity index (χ3n) is 3.65. The summed E-state index contributed by atoms with van der Waals surface area (Å²) in [6.07, 6.45) is 0.207. The molecule has 0 aromatic heterocycles. The molecule has 0 unspecified atom stereocenters. The van der Waals surface area contributed by atoms with E-state index >= 15 is 0 Å². The Labute approximate surface area is 171 Å². The van der Waals surface area contributed by atoms with Crippen molar-refractivity contribution in [2.45, 2.75) is 39.2 Å². The summed E-state index contributed by atoms with van der Waals surface area (Å²) in [6, 6.07) is 5.52. The number of hydrogen-bond donors (Lipinski definition) is 3. The van der Waals surface area contributed by atoms with Crippen molar-refractivity contribution in [3.8, 4) is 11.5 Å². The van der Waals surface area contributed by atoms with Crippen molar-refractivity contribution in [2.24, 2.45) is 0 Å². The average Bonchev–Trinajstić information content (AvgIpc) is 2.66. The van der Waals surface area contributed by atoms with Crippen LogP contribution in [0.5, 0.6) is 11.5 Å². The summed E-state index contributed by atoms with van der Waals surface area (Å²) in [4.78, 5) is 35.1. The van der Waals surface area contributed by atoms with Gasteiger partial charge in [-0.1, -0.05) is 6.07 Å². The van der Waals surface area contributed by atoms with Gasteiger partial charge in [0.2, 0.25) is 11.8 Å². The van der Waals surface area contributed by atoms with Crippen LogP contribution in [0.4, 0.5) is 4.79 Å². The molecule has 162 valence electrons. The van der Waals surface area contributed by atoms with Gasteiger partial charge >= 0.3 is 6.09 Å². The topological polar surface area (TPSA) is 115 Å². The number of amides is 3. The standard InChI is InChI=1S/C20H31N3O6/c1-20(2,3)29-19(26)23-13-18(25)22-11-10-21-17(24)9-7-14-6-8-15(27-4)16(12-14)28-5/h6,8,12H,7,9-11,13H2,1-5H3,(H,21,24)(H,22,25)(H,23,26). The Morgan fingerprint density at radius 1 is 0.897 bits per heavy atom. The summed E-state index contributed by atoms with van der Waals surface area (Å²) in [6.45, 7) is 5.57. The first kappa shape index (κ1) is 24.1. The van der Waals surface area contributed by atoms with E-state index in [4.69, 9.17) is 14.2 Å². The second-order valence-corrected chi connectivity index (χ2v) is 7.24. The predicted octanol–water partition coefficient (Wildman–Crippen LogP) is 1.39. The van der Waals surface area contributed by atoms with Crippen molar-refractivity contribution < 1.29 is 28.6 Å². The Kier molecular flexibility index (Phi) is 9.78. The van der Waals surface area contributed by atoms with Gasteiger partial charge < -0.3 is 30.2 Å². The lowest BCUT2D eigenvalue weighted by atomic mass is 10.1. The molecule has 3 amide bonds. The molecule has 0 atom stereocenters. The lowest BCUT2D eigenvalue weighted by Gasteiger charge is -2.19. The molecule has 0 heterocycles.